The van der Waals surface area contributed by atoms with Crippen molar-refractivity contribution in [3.8, 4) is 0 Å². The van der Waals surface area contributed by atoms with Crippen LogP contribution in [0.4, 0.5) is 0 Å². The van der Waals surface area contributed by atoms with Crippen molar-refractivity contribution in [2.75, 3.05) is 13.1 Å². The van der Waals surface area contributed by atoms with Crippen LogP contribution < -0.4 is 11.1 Å². The van der Waals surface area contributed by atoms with E-state index in [1.54, 1.807) is 31.2 Å². The summed E-state index contributed by atoms with van der Waals surface area (Å²) in [6, 6.07) is 6.12. The molecule has 0 bridgehead atoms. The van der Waals surface area contributed by atoms with Gasteiger partial charge in [-0.15, -0.1) is 0 Å². The summed E-state index contributed by atoms with van der Waals surface area (Å²) in [6.45, 7) is 3.03. The fourth-order valence-electron chi connectivity index (χ4n) is 2.42. The summed E-state index contributed by atoms with van der Waals surface area (Å²) in [6.07, 6.45) is 2.89. The summed E-state index contributed by atoms with van der Waals surface area (Å²) in [5.74, 6) is -0.260. The van der Waals surface area contributed by atoms with E-state index < -0.39 is 16.1 Å². The minimum absolute atomic E-state index is 0.260. The molecule has 2 rings (SSSR count). The van der Waals surface area contributed by atoms with Crippen LogP contribution in [-0.4, -0.2) is 37.8 Å². The van der Waals surface area contributed by atoms with Gasteiger partial charge in [0.15, 0.2) is 0 Å². The molecule has 0 unspecified atom stereocenters. The van der Waals surface area contributed by atoms with E-state index in [1.807, 2.05) is 0 Å². The Bertz CT molecular complexity index is 623. The van der Waals surface area contributed by atoms with Crippen LogP contribution in [0.15, 0.2) is 29.2 Å². The summed E-state index contributed by atoms with van der Waals surface area (Å²) in [7, 11) is -3.44. The topological polar surface area (TPSA) is 92.5 Å². The highest BCUT2D eigenvalue weighted by Crippen LogP contribution is 2.21. The second-order valence-corrected chi connectivity index (χ2v) is 7.56. The van der Waals surface area contributed by atoms with E-state index in [0.29, 0.717) is 13.1 Å². The van der Waals surface area contributed by atoms with Crippen molar-refractivity contribution >= 4 is 15.9 Å². The maximum atomic E-state index is 12.6. The number of nitrogens with two attached hydrogens (primary N) is 1. The maximum absolute atomic E-state index is 12.6. The van der Waals surface area contributed by atoms with Gasteiger partial charge in [-0.2, -0.15) is 4.31 Å². The third-order valence-corrected chi connectivity index (χ3v) is 5.63. The molecule has 0 spiro atoms. The average molecular weight is 325 g/mol. The second kappa shape index (κ2) is 7.21. The van der Waals surface area contributed by atoms with Gasteiger partial charge in [0.25, 0.3) is 0 Å². The van der Waals surface area contributed by atoms with E-state index in [0.717, 1.165) is 24.8 Å². The van der Waals surface area contributed by atoms with Crippen molar-refractivity contribution in [3.63, 3.8) is 0 Å². The Morgan fingerprint density at radius 2 is 2.00 bits per heavy atom. The Kier molecular flexibility index (Phi) is 5.55. The van der Waals surface area contributed by atoms with Gasteiger partial charge in [0, 0.05) is 19.6 Å². The van der Waals surface area contributed by atoms with Gasteiger partial charge >= 0.3 is 0 Å². The first-order valence-corrected chi connectivity index (χ1v) is 8.97. The third-order valence-electron chi connectivity index (χ3n) is 3.73. The molecule has 1 aliphatic rings. The van der Waals surface area contributed by atoms with Crippen LogP contribution in [0.5, 0.6) is 0 Å². The number of nitrogens with one attached hydrogen (secondary N) is 1. The van der Waals surface area contributed by atoms with Gasteiger partial charge < -0.3 is 11.1 Å². The zero-order chi connectivity index (χ0) is 16.2. The number of rotatable bonds is 5. The number of sulfonamides is 1. The van der Waals surface area contributed by atoms with Crippen LogP contribution in [0.1, 0.15) is 31.7 Å². The van der Waals surface area contributed by atoms with Gasteiger partial charge in [-0.25, -0.2) is 8.42 Å². The van der Waals surface area contributed by atoms with Gasteiger partial charge in [-0.3, -0.25) is 4.79 Å². The van der Waals surface area contributed by atoms with E-state index >= 15 is 0 Å². The predicted octanol–water partition coefficient (Wildman–Crippen LogP) is 0.825. The van der Waals surface area contributed by atoms with E-state index in [9.17, 15) is 13.2 Å². The Labute approximate surface area is 131 Å². The van der Waals surface area contributed by atoms with Crippen LogP contribution in [0.2, 0.25) is 0 Å². The molecule has 7 heteroatoms. The molecule has 0 aromatic heterocycles. The van der Waals surface area contributed by atoms with Crippen molar-refractivity contribution in [1.29, 1.82) is 0 Å². The lowest BCUT2D eigenvalue weighted by Crippen LogP contribution is -2.38. The molecule has 1 aromatic carbocycles. The number of benzene rings is 1. The first-order valence-electron chi connectivity index (χ1n) is 7.53. The summed E-state index contributed by atoms with van der Waals surface area (Å²) in [4.78, 5) is 11.8. The molecule has 1 heterocycles. The van der Waals surface area contributed by atoms with E-state index in [2.05, 4.69) is 5.32 Å². The Balaban J connectivity index is 2.11. The highest BCUT2D eigenvalue weighted by molar-refractivity contribution is 7.89. The zero-order valence-corrected chi connectivity index (χ0v) is 13.6. The van der Waals surface area contributed by atoms with E-state index in [1.165, 1.54) is 4.31 Å². The average Bonchev–Trinajstić information content (AvgIpc) is 2.53. The number of amides is 1. The van der Waals surface area contributed by atoms with Crippen molar-refractivity contribution in [1.82, 2.24) is 9.62 Å². The molecule has 1 amide bonds. The number of carbonyl (C=O) groups excluding carboxylic acids is 1. The summed E-state index contributed by atoms with van der Waals surface area (Å²) < 4.78 is 26.7. The van der Waals surface area contributed by atoms with Crippen LogP contribution in [0, 0.1) is 0 Å². The van der Waals surface area contributed by atoms with E-state index in [-0.39, 0.29) is 17.3 Å². The summed E-state index contributed by atoms with van der Waals surface area (Å²) >= 11 is 0. The molecule has 0 aliphatic carbocycles. The largest absolute Gasteiger partial charge is 0.351 e. The van der Waals surface area contributed by atoms with Gasteiger partial charge in [0.1, 0.15) is 0 Å². The minimum Gasteiger partial charge on any atom is -0.351 e. The predicted molar refractivity (Wildman–Crippen MR) is 84.5 cm³/mol. The lowest BCUT2D eigenvalue weighted by molar-refractivity contribution is -0.122. The highest BCUT2D eigenvalue weighted by atomic mass is 32.2. The monoisotopic (exact) mass is 325 g/mol. The molecule has 6 nitrogen and oxygen atoms in total. The summed E-state index contributed by atoms with van der Waals surface area (Å²) in [5.41, 5.74) is 6.22. The molecular formula is C15H23N3O3S. The van der Waals surface area contributed by atoms with Crippen molar-refractivity contribution in [3.05, 3.63) is 29.8 Å². The molecule has 1 atom stereocenters. The molecule has 1 fully saturated rings. The standard InChI is InChI=1S/C15H23N3O3S/c1-12(16)15(19)17-11-13-6-5-7-14(10-13)22(20,21)18-8-3-2-4-9-18/h5-7,10,12H,2-4,8-9,11,16H2,1H3,(H,17,19)/t12-/m1/s1. The molecule has 1 saturated heterocycles. The van der Waals surface area contributed by atoms with Gasteiger partial charge in [0.2, 0.25) is 15.9 Å². The van der Waals surface area contributed by atoms with Crippen molar-refractivity contribution in [2.45, 2.75) is 43.7 Å². The first-order chi connectivity index (χ1) is 10.4. The van der Waals surface area contributed by atoms with Crippen molar-refractivity contribution in [2.24, 2.45) is 5.73 Å². The molecule has 1 aliphatic heterocycles. The quantitative estimate of drug-likeness (QED) is 0.838. The Morgan fingerprint density at radius 1 is 1.32 bits per heavy atom. The number of hydrogen-bond donors (Lipinski definition) is 2. The number of carbonyl (C=O) groups is 1. The molecule has 0 radical (unpaired) electrons. The molecular weight excluding hydrogens is 302 g/mol. The highest BCUT2D eigenvalue weighted by Gasteiger charge is 2.25. The first kappa shape index (κ1) is 16.9. The van der Waals surface area contributed by atoms with Gasteiger partial charge in [-0.1, -0.05) is 18.6 Å². The fraction of sp³-hybridized carbons (Fsp3) is 0.533. The van der Waals surface area contributed by atoms with E-state index in [4.69, 9.17) is 5.73 Å². The normalized spacial score (nSPS) is 17.9. The van der Waals surface area contributed by atoms with Crippen LogP contribution >= 0.6 is 0 Å². The van der Waals surface area contributed by atoms with Gasteiger partial charge in [0.05, 0.1) is 10.9 Å². The molecule has 22 heavy (non-hydrogen) atoms. The summed E-state index contributed by atoms with van der Waals surface area (Å²) in [5, 5.41) is 2.68. The lowest BCUT2D eigenvalue weighted by Gasteiger charge is -2.26. The second-order valence-electron chi connectivity index (χ2n) is 5.62. The Hall–Kier alpha value is -1.44. The Morgan fingerprint density at radius 3 is 2.64 bits per heavy atom. The number of piperidine rings is 1. The SMILES string of the molecule is C[C@@H](N)C(=O)NCc1cccc(S(=O)(=O)N2CCCCC2)c1. The molecule has 122 valence electrons. The molecule has 1 aromatic rings. The van der Waals surface area contributed by atoms with Crippen LogP contribution in [0.25, 0.3) is 0 Å². The smallest absolute Gasteiger partial charge is 0.243 e. The van der Waals surface area contributed by atoms with Crippen molar-refractivity contribution < 1.29 is 13.2 Å². The van der Waals surface area contributed by atoms with Crippen LogP contribution in [-0.2, 0) is 21.4 Å². The van der Waals surface area contributed by atoms with Crippen LogP contribution in [0.3, 0.4) is 0 Å². The minimum atomic E-state index is -3.44. The molecule has 0 saturated carbocycles. The number of hydrogen-bond acceptors (Lipinski definition) is 4. The van der Waals surface area contributed by atoms with Gasteiger partial charge in [-0.05, 0) is 37.5 Å². The zero-order valence-electron chi connectivity index (χ0n) is 12.8. The lowest BCUT2D eigenvalue weighted by atomic mass is 10.2. The third kappa shape index (κ3) is 4.06. The molecule has 3 N–H and O–H groups in total. The number of nitrogens with zero attached hydrogens (tertiary/aromatic N) is 1. The maximum Gasteiger partial charge on any atom is 0.243 e. The fourth-order valence-corrected chi connectivity index (χ4v) is 4.01.